The second-order valence-electron chi connectivity index (χ2n) is 2.91. The highest BCUT2D eigenvalue weighted by Crippen LogP contribution is 2.12. The summed E-state index contributed by atoms with van der Waals surface area (Å²) in [7, 11) is 0. The standard InChI is InChI=1S/C10H11N3O/c1-7-2-3-8(6-9(7)12)10(14)13-5-4-11/h2-3,6H,5,12H2,1H3,(H,13,14). The van der Waals surface area contributed by atoms with Crippen LogP contribution in [0.25, 0.3) is 0 Å². The lowest BCUT2D eigenvalue weighted by Crippen LogP contribution is -2.23. The molecule has 72 valence electrons. The highest BCUT2D eigenvalue weighted by molar-refractivity contribution is 5.95. The van der Waals surface area contributed by atoms with Crippen molar-refractivity contribution in [1.29, 1.82) is 5.26 Å². The normalized spacial score (nSPS) is 9.14. The zero-order chi connectivity index (χ0) is 10.6. The quantitative estimate of drug-likeness (QED) is 0.534. The van der Waals surface area contributed by atoms with Crippen molar-refractivity contribution in [3.63, 3.8) is 0 Å². The molecule has 0 aliphatic rings. The summed E-state index contributed by atoms with van der Waals surface area (Å²) in [6, 6.07) is 6.88. The third kappa shape index (κ3) is 2.23. The van der Waals surface area contributed by atoms with Crippen molar-refractivity contribution in [2.75, 3.05) is 12.3 Å². The Bertz CT molecular complexity index is 393. The number of carbonyl (C=O) groups is 1. The van der Waals surface area contributed by atoms with Gasteiger partial charge in [-0.1, -0.05) is 6.07 Å². The van der Waals surface area contributed by atoms with Crippen LogP contribution in [0.5, 0.6) is 0 Å². The van der Waals surface area contributed by atoms with Crippen molar-refractivity contribution >= 4 is 11.6 Å². The van der Waals surface area contributed by atoms with Gasteiger partial charge in [0, 0.05) is 11.3 Å². The Hall–Kier alpha value is -2.02. The molecule has 0 saturated carbocycles. The van der Waals surface area contributed by atoms with Crippen molar-refractivity contribution < 1.29 is 4.79 Å². The molecule has 0 heterocycles. The van der Waals surface area contributed by atoms with Crippen molar-refractivity contribution in [2.24, 2.45) is 0 Å². The first-order valence-corrected chi connectivity index (χ1v) is 4.16. The van der Waals surface area contributed by atoms with Gasteiger partial charge in [0.15, 0.2) is 0 Å². The lowest BCUT2D eigenvalue weighted by Gasteiger charge is -2.04. The van der Waals surface area contributed by atoms with Gasteiger partial charge in [-0.15, -0.1) is 0 Å². The number of nitriles is 1. The Morgan fingerprint density at radius 2 is 2.36 bits per heavy atom. The van der Waals surface area contributed by atoms with Gasteiger partial charge >= 0.3 is 0 Å². The Morgan fingerprint density at radius 1 is 1.64 bits per heavy atom. The van der Waals surface area contributed by atoms with Gasteiger partial charge in [0.2, 0.25) is 0 Å². The maximum atomic E-state index is 11.3. The topological polar surface area (TPSA) is 78.9 Å². The summed E-state index contributed by atoms with van der Waals surface area (Å²) < 4.78 is 0. The van der Waals surface area contributed by atoms with Gasteiger partial charge in [0.25, 0.3) is 5.91 Å². The number of nitrogens with one attached hydrogen (secondary N) is 1. The molecule has 0 fully saturated rings. The van der Waals surface area contributed by atoms with E-state index in [4.69, 9.17) is 11.0 Å². The van der Waals surface area contributed by atoms with Crippen LogP contribution in [-0.4, -0.2) is 12.5 Å². The van der Waals surface area contributed by atoms with Crippen molar-refractivity contribution in [3.8, 4) is 6.07 Å². The van der Waals surface area contributed by atoms with Crippen LogP contribution in [0.15, 0.2) is 18.2 Å². The van der Waals surface area contributed by atoms with Crippen molar-refractivity contribution in [2.45, 2.75) is 6.92 Å². The van der Waals surface area contributed by atoms with Gasteiger partial charge in [-0.3, -0.25) is 4.79 Å². The second-order valence-corrected chi connectivity index (χ2v) is 2.91. The number of carbonyl (C=O) groups excluding carboxylic acids is 1. The van der Waals surface area contributed by atoms with E-state index in [1.807, 2.05) is 13.0 Å². The smallest absolute Gasteiger partial charge is 0.252 e. The number of rotatable bonds is 2. The van der Waals surface area contributed by atoms with Crippen LogP contribution >= 0.6 is 0 Å². The van der Waals surface area contributed by atoms with Gasteiger partial charge < -0.3 is 11.1 Å². The summed E-state index contributed by atoms with van der Waals surface area (Å²) in [6.45, 7) is 1.87. The average Bonchev–Trinajstić information content (AvgIpc) is 2.18. The van der Waals surface area contributed by atoms with Gasteiger partial charge in [-0.2, -0.15) is 5.26 Å². The number of amides is 1. The molecule has 0 saturated heterocycles. The van der Waals surface area contributed by atoms with E-state index >= 15 is 0 Å². The van der Waals surface area contributed by atoms with E-state index in [0.29, 0.717) is 11.3 Å². The molecule has 0 aliphatic carbocycles. The Morgan fingerprint density at radius 3 is 2.93 bits per heavy atom. The molecule has 0 spiro atoms. The summed E-state index contributed by atoms with van der Waals surface area (Å²) in [6.07, 6.45) is 0. The Balaban J connectivity index is 2.82. The average molecular weight is 189 g/mol. The lowest BCUT2D eigenvalue weighted by molar-refractivity contribution is 0.0958. The molecular weight excluding hydrogens is 178 g/mol. The maximum absolute atomic E-state index is 11.3. The SMILES string of the molecule is Cc1ccc(C(=O)NCC#N)cc1N. The number of hydrogen-bond acceptors (Lipinski definition) is 3. The van der Waals surface area contributed by atoms with Crippen molar-refractivity contribution in [1.82, 2.24) is 5.32 Å². The summed E-state index contributed by atoms with van der Waals surface area (Å²) in [5.41, 5.74) is 7.63. The van der Waals surface area contributed by atoms with Gasteiger partial charge in [-0.25, -0.2) is 0 Å². The van der Waals surface area contributed by atoms with E-state index in [2.05, 4.69) is 5.32 Å². The summed E-state index contributed by atoms with van der Waals surface area (Å²) in [4.78, 5) is 11.3. The molecule has 1 amide bonds. The zero-order valence-corrected chi connectivity index (χ0v) is 7.87. The predicted octanol–water partition coefficient (Wildman–Crippen LogP) is 0.831. The molecule has 0 radical (unpaired) electrons. The molecule has 4 heteroatoms. The fraction of sp³-hybridized carbons (Fsp3) is 0.200. The molecule has 3 N–H and O–H groups in total. The number of nitrogen functional groups attached to an aromatic ring is 1. The van der Waals surface area contributed by atoms with Crippen LogP contribution in [0.2, 0.25) is 0 Å². The minimum atomic E-state index is -0.279. The number of nitrogens with zero attached hydrogens (tertiary/aromatic N) is 1. The number of benzene rings is 1. The van der Waals surface area contributed by atoms with Crippen LogP contribution < -0.4 is 11.1 Å². The molecule has 0 aliphatic heterocycles. The lowest BCUT2D eigenvalue weighted by atomic mass is 10.1. The van der Waals surface area contributed by atoms with Crippen LogP contribution in [-0.2, 0) is 0 Å². The number of nitrogens with two attached hydrogens (primary N) is 1. The maximum Gasteiger partial charge on any atom is 0.252 e. The van der Waals surface area contributed by atoms with E-state index in [0.717, 1.165) is 5.56 Å². The van der Waals surface area contributed by atoms with Gasteiger partial charge in [0.05, 0.1) is 6.07 Å². The third-order valence-corrected chi connectivity index (χ3v) is 1.87. The van der Waals surface area contributed by atoms with Crippen molar-refractivity contribution in [3.05, 3.63) is 29.3 Å². The molecule has 1 aromatic rings. The molecule has 1 rings (SSSR count). The Labute approximate surface area is 82.3 Å². The van der Waals surface area contributed by atoms with Gasteiger partial charge in [-0.05, 0) is 24.6 Å². The molecule has 1 aromatic carbocycles. The fourth-order valence-corrected chi connectivity index (χ4v) is 1.00. The molecule has 0 bridgehead atoms. The Kier molecular flexibility index (Phi) is 3.08. The predicted molar refractivity (Wildman–Crippen MR) is 53.5 cm³/mol. The number of hydrogen-bond donors (Lipinski definition) is 2. The third-order valence-electron chi connectivity index (χ3n) is 1.87. The largest absolute Gasteiger partial charge is 0.398 e. The molecule has 14 heavy (non-hydrogen) atoms. The summed E-state index contributed by atoms with van der Waals surface area (Å²) in [5.74, 6) is -0.279. The first kappa shape index (κ1) is 10.1. The number of aryl methyl sites for hydroxylation is 1. The molecule has 0 aromatic heterocycles. The zero-order valence-electron chi connectivity index (χ0n) is 7.87. The molecular formula is C10H11N3O. The molecule has 0 atom stereocenters. The van der Waals surface area contributed by atoms with E-state index in [1.54, 1.807) is 18.2 Å². The first-order chi connectivity index (χ1) is 6.65. The summed E-state index contributed by atoms with van der Waals surface area (Å²) in [5, 5.41) is 10.7. The monoisotopic (exact) mass is 189 g/mol. The fourth-order valence-electron chi connectivity index (χ4n) is 1.00. The van der Waals surface area contributed by atoms with E-state index in [9.17, 15) is 4.79 Å². The second kappa shape index (κ2) is 4.28. The van der Waals surface area contributed by atoms with E-state index in [-0.39, 0.29) is 12.5 Å². The minimum absolute atomic E-state index is 0.00656. The van der Waals surface area contributed by atoms with Crippen LogP contribution in [0.1, 0.15) is 15.9 Å². The minimum Gasteiger partial charge on any atom is -0.398 e. The van der Waals surface area contributed by atoms with E-state index < -0.39 is 0 Å². The highest BCUT2D eigenvalue weighted by Gasteiger charge is 2.05. The van der Waals surface area contributed by atoms with E-state index in [1.165, 1.54) is 0 Å². The summed E-state index contributed by atoms with van der Waals surface area (Å²) >= 11 is 0. The first-order valence-electron chi connectivity index (χ1n) is 4.16. The van der Waals surface area contributed by atoms with Gasteiger partial charge in [0.1, 0.15) is 6.54 Å². The number of anilines is 1. The highest BCUT2D eigenvalue weighted by atomic mass is 16.1. The van der Waals surface area contributed by atoms with Crippen LogP contribution in [0, 0.1) is 18.3 Å². The van der Waals surface area contributed by atoms with Crippen LogP contribution in [0.3, 0.4) is 0 Å². The molecule has 4 nitrogen and oxygen atoms in total. The van der Waals surface area contributed by atoms with Crippen LogP contribution in [0.4, 0.5) is 5.69 Å². The molecule has 0 unspecified atom stereocenters.